The average Bonchev–Trinajstić information content (AvgIpc) is 2.48. The van der Waals surface area contributed by atoms with Crippen molar-refractivity contribution < 1.29 is 5.11 Å². The van der Waals surface area contributed by atoms with Gasteiger partial charge in [0.15, 0.2) is 0 Å². The van der Waals surface area contributed by atoms with E-state index in [1.165, 1.54) is 0 Å². The van der Waals surface area contributed by atoms with Crippen molar-refractivity contribution in [1.29, 1.82) is 5.26 Å². The molecule has 94 valence electrons. The molecule has 0 bridgehead atoms. The first kappa shape index (κ1) is 13.5. The lowest BCUT2D eigenvalue weighted by molar-refractivity contribution is 0.161. The Morgan fingerprint density at radius 2 is 2.18 bits per heavy atom. The maximum Gasteiger partial charge on any atom is 0.142 e. The van der Waals surface area contributed by atoms with Crippen molar-refractivity contribution in [1.82, 2.24) is 9.78 Å². The first-order valence-corrected chi connectivity index (χ1v) is 5.81. The summed E-state index contributed by atoms with van der Waals surface area (Å²) in [4.78, 5) is 0. The van der Waals surface area contributed by atoms with Crippen molar-refractivity contribution in [2.24, 2.45) is 13.0 Å². The number of anilines is 1. The Hall–Kier alpha value is -1.54. The molecule has 0 aliphatic rings. The van der Waals surface area contributed by atoms with Gasteiger partial charge in [-0.2, -0.15) is 10.4 Å². The number of aryl methyl sites for hydroxylation is 2. The Morgan fingerprint density at radius 3 is 2.71 bits per heavy atom. The van der Waals surface area contributed by atoms with E-state index in [4.69, 9.17) is 5.26 Å². The van der Waals surface area contributed by atoms with Crippen molar-refractivity contribution in [2.45, 2.75) is 33.3 Å². The van der Waals surface area contributed by atoms with Crippen molar-refractivity contribution in [3.05, 3.63) is 11.3 Å². The molecule has 17 heavy (non-hydrogen) atoms. The fourth-order valence-electron chi connectivity index (χ4n) is 1.84. The van der Waals surface area contributed by atoms with Crippen LogP contribution < -0.4 is 5.32 Å². The molecule has 1 unspecified atom stereocenters. The van der Waals surface area contributed by atoms with E-state index in [1.54, 1.807) is 18.7 Å². The Morgan fingerprint density at radius 1 is 1.53 bits per heavy atom. The quantitative estimate of drug-likeness (QED) is 0.811. The van der Waals surface area contributed by atoms with Crippen molar-refractivity contribution in [3.8, 4) is 6.07 Å². The van der Waals surface area contributed by atoms with Gasteiger partial charge in [0, 0.05) is 13.6 Å². The van der Waals surface area contributed by atoms with Gasteiger partial charge in [-0.25, -0.2) is 0 Å². The summed E-state index contributed by atoms with van der Waals surface area (Å²) in [6.07, 6.45) is 0.336. The lowest BCUT2D eigenvalue weighted by Crippen LogP contribution is -2.22. The van der Waals surface area contributed by atoms with Crippen LogP contribution in [0.4, 0.5) is 5.82 Å². The zero-order valence-corrected chi connectivity index (χ0v) is 10.9. The molecule has 0 spiro atoms. The van der Waals surface area contributed by atoms with E-state index >= 15 is 0 Å². The second-order valence-corrected chi connectivity index (χ2v) is 4.71. The van der Waals surface area contributed by atoms with Gasteiger partial charge in [-0.05, 0) is 19.3 Å². The summed E-state index contributed by atoms with van der Waals surface area (Å²) in [6.45, 7) is 6.37. The highest BCUT2D eigenvalue weighted by molar-refractivity contribution is 5.54. The molecule has 0 saturated heterocycles. The van der Waals surface area contributed by atoms with E-state index in [0.29, 0.717) is 29.5 Å². The summed E-state index contributed by atoms with van der Waals surface area (Å²) in [5.74, 6) is 1.13. The molecule has 1 aromatic rings. The van der Waals surface area contributed by atoms with Crippen molar-refractivity contribution in [3.63, 3.8) is 0 Å². The van der Waals surface area contributed by atoms with Gasteiger partial charge in [-0.3, -0.25) is 4.68 Å². The normalized spacial score (nSPS) is 12.5. The Labute approximate surface area is 102 Å². The molecule has 0 aromatic carbocycles. The first-order chi connectivity index (χ1) is 7.95. The minimum atomic E-state index is -0.406. The monoisotopic (exact) mass is 236 g/mol. The van der Waals surface area contributed by atoms with Gasteiger partial charge >= 0.3 is 0 Å². The highest BCUT2D eigenvalue weighted by atomic mass is 16.3. The zero-order chi connectivity index (χ0) is 13.0. The SMILES string of the molecule is Cc1nn(C)c(NCC(O)CC(C)C)c1C#N. The van der Waals surface area contributed by atoms with Gasteiger partial charge < -0.3 is 10.4 Å². The van der Waals surface area contributed by atoms with E-state index in [0.717, 1.165) is 6.42 Å². The van der Waals surface area contributed by atoms with Crippen LogP contribution in [0.2, 0.25) is 0 Å². The highest BCUT2D eigenvalue weighted by Gasteiger charge is 2.14. The highest BCUT2D eigenvalue weighted by Crippen LogP contribution is 2.17. The minimum Gasteiger partial charge on any atom is -0.391 e. The summed E-state index contributed by atoms with van der Waals surface area (Å²) in [6, 6.07) is 2.12. The van der Waals surface area contributed by atoms with E-state index < -0.39 is 6.10 Å². The molecule has 0 radical (unpaired) electrons. The molecule has 5 nitrogen and oxygen atoms in total. The number of nitriles is 1. The molecule has 1 heterocycles. The predicted octanol–water partition coefficient (Wildman–Crippen LogP) is 1.42. The van der Waals surface area contributed by atoms with Crippen LogP contribution in [0.3, 0.4) is 0 Å². The molecular formula is C12H20N4O. The zero-order valence-electron chi connectivity index (χ0n) is 10.9. The van der Waals surface area contributed by atoms with Gasteiger partial charge in [0.2, 0.25) is 0 Å². The lowest BCUT2D eigenvalue weighted by atomic mass is 10.1. The van der Waals surface area contributed by atoms with Gasteiger partial charge in [-0.1, -0.05) is 13.8 Å². The number of aliphatic hydroxyl groups excluding tert-OH is 1. The number of hydrogen-bond donors (Lipinski definition) is 2. The predicted molar refractivity (Wildman–Crippen MR) is 66.6 cm³/mol. The van der Waals surface area contributed by atoms with Gasteiger partial charge in [0.05, 0.1) is 11.8 Å². The molecule has 0 fully saturated rings. The van der Waals surface area contributed by atoms with E-state index in [2.05, 4.69) is 30.3 Å². The molecule has 0 aliphatic carbocycles. The Balaban J connectivity index is 2.67. The number of aliphatic hydroxyl groups is 1. The number of nitrogens with one attached hydrogen (secondary N) is 1. The lowest BCUT2D eigenvalue weighted by Gasteiger charge is -2.14. The summed E-state index contributed by atoms with van der Waals surface area (Å²) in [5.41, 5.74) is 1.25. The van der Waals surface area contributed by atoms with E-state index in [-0.39, 0.29) is 0 Å². The summed E-state index contributed by atoms with van der Waals surface area (Å²) >= 11 is 0. The molecule has 0 saturated carbocycles. The summed E-state index contributed by atoms with van der Waals surface area (Å²) < 4.78 is 1.63. The van der Waals surface area contributed by atoms with E-state index in [1.807, 2.05) is 0 Å². The van der Waals surface area contributed by atoms with Crippen LogP contribution in [0, 0.1) is 24.2 Å². The van der Waals surface area contributed by atoms with Crippen LogP contribution in [0.1, 0.15) is 31.5 Å². The molecular weight excluding hydrogens is 216 g/mol. The third-order valence-electron chi connectivity index (χ3n) is 2.58. The molecule has 5 heteroatoms. The molecule has 0 amide bonds. The average molecular weight is 236 g/mol. The molecule has 0 aliphatic heterocycles. The minimum absolute atomic E-state index is 0.406. The maximum atomic E-state index is 9.77. The standard InChI is InChI=1S/C12H20N4O/c1-8(2)5-10(17)7-14-12-11(6-13)9(3)15-16(12)4/h8,10,14,17H,5,7H2,1-4H3. The maximum absolute atomic E-state index is 9.77. The molecule has 1 rings (SSSR count). The second-order valence-electron chi connectivity index (χ2n) is 4.71. The van der Waals surface area contributed by atoms with Gasteiger partial charge in [0.25, 0.3) is 0 Å². The number of rotatable bonds is 5. The summed E-state index contributed by atoms with van der Waals surface area (Å²) in [7, 11) is 1.78. The first-order valence-electron chi connectivity index (χ1n) is 5.81. The van der Waals surface area contributed by atoms with Crippen LogP contribution in [0.15, 0.2) is 0 Å². The van der Waals surface area contributed by atoms with Gasteiger partial charge in [0.1, 0.15) is 17.5 Å². The third kappa shape index (κ3) is 3.46. The fourth-order valence-corrected chi connectivity index (χ4v) is 1.84. The molecule has 2 N–H and O–H groups in total. The van der Waals surface area contributed by atoms with Crippen LogP contribution in [0.5, 0.6) is 0 Å². The molecule has 1 aromatic heterocycles. The Bertz CT molecular complexity index is 417. The topological polar surface area (TPSA) is 73.9 Å². The molecule has 1 atom stereocenters. The fraction of sp³-hybridized carbons (Fsp3) is 0.667. The van der Waals surface area contributed by atoms with Crippen LogP contribution in [0.25, 0.3) is 0 Å². The van der Waals surface area contributed by atoms with Gasteiger partial charge in [-0.15, -0.1) is 0 Å². The second kappa shape index (κ2) is 5.69. The van der Waals surface area contributed by atoms with Crippen molar-refractivity contribution in [2.75, 3.05) is 11.9 Å². The number of hydrogen-bond acceptors (Lipinski definition) is 4. The third-order valence-corrected chi connectivity index (χ3v) is 2.58. The van der Waals surface area contributed by atoms with Crippen LogP contribution >= 0.6 is 0 Å². The number of aromatic nitrogens is 2. The van der Waals surface area contributed by atoms with Crippen molar-refractivity contribution >= 4 is 5.82 Å². The van der Waals surface area contributed by atoms with Crippen LogP contribution in [-0.2, 0) is 7.05 Å². The smallest absolute Gasteiger partial charge is 0.142 e. The Kier molecular flexibility index (Phi) is 4.53. The largest absolute Gasteiger partial charge is 0.391 e. The van der Waals surface area contributed by atoms with Crippen LogP contribution in [-0.4, -0.2) is 27.5 Å². The summed E-state index contributed by atoms with van der Waals surface area (Å²) in [5, 5.41) is 26.0. The van der Waals surface area contributed by atoms with E-state index in [9.17, 15) is 5.11 Å². The number of nitrogens with zero attached hydrogens (tertiary/aromatic N) is 3.